The summed E-state index contributed by atoms with van der Waals surface area (Å²) in [6, 6.07) is 20.4. The van der Waals surface area contributed by atoms with Crippen molar-refractivity contribution in [1.82, 2.24) is 0 Å². The van der Waals surface area contributed by atoms with Gasteiger partial charge in [-0.2, -0.15) is 0 Å². The molecule has 0 amide bonds. The van der Waals surface area contributed by atoms with Crippen LogP contribution in [0.3, 0.4) is 0 Å². The zero-order valence-corrected chi connectivity index (χ0v) is 22.9. The van der Waals surface area contributed by atoms with Crippen LogP contribution in [0.4, 0.5) is 0 Å². The molecule has 3 aromatic rings. The van der Waals surface area contributed by atoms with Gasteiger partial charge < -0.3 is 14.2 Å². The summed E-state index contributed by atoms with van der Waals surface area (Å²) >= 11 is 0. The highest BCUT2D eigenvalue weighted by molar-refractivity contribution is 5.89. The molecule has 37 heavy (non-hydrogen) atoms. The predicted molar refractivity (Wildman–Crippen MR) is 150 cm³/mol. The van der Waals surface area contributed by atoms with Crippen LogP contribution in [0.1, 0.15) is 78.2 Å². The summed E-state index contributed by atoms with van der Waals surface area (Å²) in [5.74, 6) is 1.13. The predicted octanol–water partition coefficient (Wildman–Crippen LogP) is 8.18. The molecule has 0 radical (unpaired) electrons. The second-order valence-electron chi connectivity index (χ2n) is 10.00. The Hall–Kier alpha value is -3.37. The van der Waals surface area contributed by atoms with Gasteiger partial charge in [-0.15, -0.1) is 0 Å². The molecule has 1 heterocycles. The first kappa shape index (κ1) is 26.7. The lowest BCUT2D eigenvalue weighted by Crippen LogP contribution is -2.26. The number of benzene rings is 3. The molecule has 1 aliphatic heterocycles. The van der Waals surface area contributed by atoms with Crippen molar-refractivity contribution >= 4 is 12.0 Å². The number of methoxy groups -OCH3 is 1. The fraction of sp³-hybridized carbons (Fsp3) is 0.364. The van der Waals surface area contributed by atoms with Gasteiger partial charge in [0.05, 0.1) is 19.3 Å². The third kappa shape index (κ3) is 5.50. The zero-order chi connectivity index (χ0) is 26.6. The number of ether oxygens (including phenoxy) is 3. The molecule has 4 rings (SSSR count). The van der Waals surface area contributed by atoms with Crippen molar-refractivity contribution in [3.8, 4) is 11.5 Å². The molecule has 1 fully saturated rings. The van der Waals surface area contributed by atoms with E-state index in [0.717, 1.165) is 37.2 Å². The van der Waals surface area contributed by atoms with Crippen molar-refractivity contribution in [3.05, 3.63) is 100 Å². The number of carbonyl (C=O) groups is 1. The van der Waals surface area contributed by atoms with E-state index in [1.165, 1.54) is 29.4 Å². The summed E-state index contributed by atoms with van der Waals surface area (Å²) in [6.45, 7) is 11.8. The van der Waals surface area contributed by atoms with Crippen molar-refractivity contribution in [1.29, 1.82) is 0 Å². The molecule has 3 aromatic carbocycles. The maximum atomic E-state index is 11.7. The molecule has 1 atom stereocenters. The Morgan fingerprint density at radius 1 is 0.946 bits per heavy atom. The molecule has 0 aliphatic carbocycles. The Morgan fingerprint density at radius 3 is 2.08 bits per heavy atom. The number of hydrogen-bond acceptors (Lipinski definition) is 4. The second-order valence-corrected chi connectivity index (χ2v) is 10.00. The van der Waals surface area contributed by atoms with E-state index in [9.17, 15) is 4.79 Å². The molecule has 0 spiro atoms. The Kier molecular flexibility index (Phi) is 7.89. The van der Waals surface area contributed by atoms with Gasteiger partial charge in [-0.1, -0.05) is 57.2 Å². The number of carbonyl (C=O) groups excluding carboxylic acids is 1. The van der Waals surface area contributed by atoms with Gasteiger partial charge in [0, 0.05) is 5.41 Å². The minimum absolute atomic E-state index is 0.0492. The van der Waals surface area contributed by atoms with E-state index in [1.807, 2.05) is 0 Å². The van der Waals surface area contributed by atoms with Crippen molar-refractivity contribution in [2.24, 2.45) is 0 Å². The Morgan fingerprint density at radius 2 is 1.57 bits per heavy atom. The lowest BCUT2D eigenvalue weighted by Gasteiger charge is -2.34. The number of esters is 1. The Balaban J connectivity index is 1.59. The maximum absolute atomic E-state index is 11.7. The molecule has 1 unspecified atom stereocenters. The van der Waals surface area contributed by atoms with Gasteiger partial charge >= 0.3 is 5.97 Å². The quantitative estimate of drug-likeness (QED) is 0.209. The first-order chi connectivity index (χ1) is 17.8. The van der Waals surface area contributed by atoms with Crippen LogP contribution in [0, 0.1) is 13.8 Å². The molecule has 0 saturated carbocycles. The van der Waals surface area contributed by atoms with E-state index >= 15 is 0 Å². The van der Waals surface area contributed by atoms with Crippen molar-refractivity contribution in [2.45, 2.75) is 64.9 Å². The van der Waals surface area contributed by atoms with Gasteiger partial charge in [0.15, 0.2) is 0 Å². The van der Waals surface area contributed by atoms with E-state index in [2.05, 4.69) is 83.2 Å². The molecule has 4 nitrogen and oxygen atoms in total. The highest BCUT2D eigenvalue weighted by Gasteiger charge is 2.39. The number of rotatable bonds is 10. The third-order valence-electron chi connectivity index (χ3n) is 7.94. The van der Waals surface area contributed by atoms with E-state index < -0.39 is 0 Å². The number of aryl methyl sites for hydroxylation is 2. The highest BCUT2D eigenvalue weighted by Crippen LogP contribution is 2.41. The first-order valence-corrected chi connectivity index (χ1v) is 13.2. The molecule has 1 aliphatic rings. The van der Waals surface area contributed by atoms with Crippen LogP contribution in [-0.4, -0.2) is 25.3 Å². The van der Waals surface area contributed by atoms with E-state index in [4.69, 9.17) is 14.2 Å². The fourth-order valence-electron chi connectivity index (χ4n) is 5.11. The van der Waals surface area contributed by atoms with Gasteiger partial charge in [0.2, 0.25) is 0 Å². The van der Waals surface area contributed by atoms with Gasteiger partial charge in [-0.3, -0.25) is 0 Å². The van der Waals surface area contributed by atoms with Crippen molar-refractivity contribution < 1.29 is 19.0 Å². The fourth-order valence-corrected chi connectivity index (χ4v) is 5.11. The van der Waals surface area contributed by atoms with Crippen LogP contribution in [0.5, 0.6) is 11.5 Å². The van der Waals surface area contributed by atoms with Gasteiger partial charge in [-0.25, -0.2) is 4.79 Å². The summed E-state index contributed by atoms with van der Waals surface area (Å²) in [6.07, 6.45) is 7.43. The van der Waals surface area contributed by atoms with Crippen LogP contribution < -0.4 is 4.74 Å². The smallest absolute Gasteiger partial charge is 0.337 e. The average molecular weight is 499 g/mol. The summed E-state index contributed by atoms with van der Waals surface area (Å²) < 4.78 is 16.6. The van der Waals surface area contributed by atoms with Crippen LogP contribution in [0.25, 0.3) is 6.08 Å². The van der Waals surface area contributed by atoms with Crippen LogP contribution in [0.15, 0.2) is 66.7 Å². The normalized spacial score (nSPS) is 17.1. The topological polar surface area (TPSA) is 48.1 Å². The lowest BCUT2D eigenvalue weighted by molar-refractivity contribution is 0.0600. The third-order valence-corrected chi connectivity index (χ3v) is 7.94. The molecular weight excluding hydrogens is 460 g/mol. The minimum atomic E-state index is -0.358. The van der Waals surface area contributed by atoms with Gasteiger partial charge in [0.25, 0.3) is 0 Å². The Bertz CT molecular complexity index is 1280. The summed E-state index contributed by atoms with van der Waals surface area (Å²) in [4.78, 5) is 11.7. The summed E-state index contributed by atoms with van der Waals surface area (Å²) in [5, 5.41) is 0. The van der Waals surface area contributed by atoms with E-state index in [1.54, 1.807) is 24.3 Å². The van der Waals surface area contributed by atoms with Crippen molar-refractivity contribution in [2.75, 3.05) is 13.7 Å². The number of hydrogen-bond donors (Lipinski definition) is 0. The zero-order valence-electron chi connectivity index (χ0n) is 22.9. The van der Waals surface area contributed by atoms with Crippen LogP contribution in [-0.2, 0) is 14.9 Å². The van der Waals surface area contributed by atoms with Gasteiger partial charge in [-0.05, 0) is 97.3 Å². The number of epoxide rings is 1. The van der Waals surface area contributed by atoms with E-state index in [0.29, 0.717) is 11.3 Å². The average Bonchev–Trinajstić information content (AvgIpc) is 3.71. The van der Waals surface area contributed by atoms with E-state index in [-0.39, 0.29) is 17.0 Å². The van der Waals surface area contributed by atoms with Crippen LogP contribution in [0.2, 0.25) is 0 Å². The largest absolute Gasteiger partial charge is 0.465 e. The van der Waals surface area contributed by atoms with Gasteiger partial charge in [0.1, 0.15) is 17.1 Å². The molecular formula is C33H38O4. The molecule has 194 valence electrons. The summed E-state index contributed by atoms with van der Waals surface area (Å²) in [5.41, 5.74) is 6.60. The molecule has 0 N–H and O–H groups in total. The SMILES string of the molecule is CCC1(/C=C/c2ccc(C(CC)(CC)c3ccc(Oc4ccc(C(=O)OC)cc4)c(C)c3)cc2C)CO1. The molecule has 1 saturated heterocycles. The molecule has 4 heteroatoms. The van der Waals surface area contributed by atoms with Crippen LogP contribution >= 0.6 is 0 Å². The Labute approximate surface area is 221 Å². The highest BCUT2D eigenvalue weighted by atomic mass is 16.6. The lowest BCUT2D eigenvalue weighted by atomic mass is 9.70. The monoisotopic (exact) mass is 498 g/mol. The molecule has 0 bridgehead atoms. The summed E-state index contributed by atoms with van der Waals surface area (Å²) in [7, 11) is 1.38. The maximum Gasteiger partial charge on any atom is 0.337 e. The minimum Gasteiger partial charge on any atom is -0.465 e. The van der Waals surface area contributed by atoms with Crippen molar-refractivity contribution in [3.63, 3.8) is 0 Å². The second kappa shape index (κ2) is 10.9. The standard InChI is InChI=1S/C33H38O4/c1-7-32(22-36-32)19-18-25-10-13-27(20-23(25)4)33(8-2,9-3)28-14-17-30(24(5)21-28)37-29-15-11-26(12-16-29)31(34)35-6/h10-21H,7-9,22H2,1-6H3/b19-18+. The molecule has 0 aromatic heterocycles. The first-order valence-electron chi connectivity index (χ1n) is 13.2.